The lowest BCUT2D eigenvalue weighted by molar-refractivity contribution is -0.132. The van der Waals surface area contributed by atoms with Crippen molar-refractivity contribution in [2.75, 3.05) is 17.3 Å². The van der Waals surface area contributed by atoms with Gasteiger partial charge < -0.3 is 4.90 Å². The predicted molar refractivity (Wildman–Crippen MR) is 102 cm³/mol. The third kappa shape index (κ3) is 4.31. The van der Waals surface area contributed by atoms with E-state index in [0.717, 1.165) is 38.5 Å². The molecule has 1 atom stereocenters. The number of thioether (sulfide) groups is 1. The fourth-order valence-electron chi connectivity index (χ4n) is 4.74. The molecule has 0 unspecified atom stereocenters. The molecule has 1 aromatic rings. The van der Waals surface area contributed by atoms with E-state index in [1.54, 1.807) is 0 Å². The lowest BCUT2D eigenvalue weighted by Gasteiger charge is -2.34. The molecular formula is C17H27N5O3S2. The van der Waals surface area contributed by atoms with Gasteiger partial charge in [0.25, 0.3) is 0 Å². The molecule has 0 spiro atoms. The molecule has 0 N–H and O–H groups in total. The van der Waals surface area contributed by atoms with Crippen LogP contribution in [0.4, 0.5) is 0 Å². The molecule has 0 bridgehead atoms. The average Bonchev–Trinajstić information content (AvgIpc) is 3.41. The number of carbonyl (C=O) groups is 1. The van der Waals surface area contributed by atoms with Gasteiger partial charge in [-0.05, 0) is 42.5 Å². The summed E-state index contributed by atoms with van der Waals surface area (Å²) in [7, 11) is -3.02. The number of tetrazole rings is 1. The molecule has 150 valence electrons. The van der Waals surface area contributed by atoms with E-state index in [0.29, 0.717) is 17.6 Å². The SMILES string of the molecule is O=C(CSc1nnnn1C1CCCC1)N(C1CCCC1)[C@H]1CCS(=O)(=O)C1. The predicted octanol–water partition coefficient (Wildman–Crippen LogP) is 1.84. The van der Waals surface area contributed by atoms with Gasteiger partial charge in [-0.1, -0.05) is 37.4 Å². The van der Waals surface area contributed by atoms with Gasteiger partial charge in [-0.2, -0.15) is 0 Å². The van der Waals surface area contributed by atoms with Gasteiger partial charge in [-0.15, -0.1) is 5.10 Å². The van der Waals surface area contributed by atoms with Crippen LogP contribution < -0.4 is 0 Å². The molecule has 0 aromatic carbocycles. The first-order chi connectivity index (χ1) is 13.0. The van der Waals surface area contributed by atoms with Crippen molar-refractivity contribution < 1.29 is 13.2 Å². The maximum Gasteiger partial charge on any atom is 0.233 e. The Bertz CT molecular complexity index is 769. The summed E-state index contributed by atoms with van der Waals surface area (Å²) in [4.78, 5) is 15.0. The van der Waals surface area contributed by atoms with Gasteiger partial charge >= 0.3 is 0 Å². The Kier molecular flexibility index (Phi) is 5.73. The molecule has 1 amide bonds. The van der Waals surface area contributed by atoms with Crippen molar-refractivity contribution in [1.82, 2.24) is 25.1 Å². The Morgan fingerprint density at radius 2 is 1.78 bits per heavy atom. The van der Waals surface area contributed by atoms with Crippen LogP contribution in [0.15, 0.2) is 5.16 Å². The van der Waals surface area contributed by atoms with Crippen molar-refractivity contribution in [1.29, 1.82) is 0 Å². The van der Waals surface area contributed by atoms with Crippen LogP contribution in [-0.4, -0.2) is 68.8 Å². The summed E-state index contributed by atoms with van der Waals surface area (Å²) in [6.07, 6.45) is 9.30. The molecular weight excluding hydrogens is 386 g/mol. The summed E-state index contributed by atoms with van der Waals surface area (Å²) in [6, 6.07) is 0.350. The first-order valence-electron chi connectivity index (χ1n) is 9.96. The molecule has 2 saturated carbocycles. The lowest BCUT2D eigenvalue weighted by Crippen LogP contribution is -2.47. The quantitative estimate of drug-likeness (QED) is 0.656. The van der Waals surface area contributed by atoms with Crippen LogP contribution in [0.3, 0.4) is 0 Å². The molecule has 2 aliphatic carbocycles. The molecule has 3 fully saturated rings. The highest BCUT2D eigenvalue weighted by Crippen LogP contribution is 2.33. The summed E-state index contributed by atoms with van der Waals surface area (Å²) in [6.45, 7) is 0. The number of hydrogen-bond acceptors (Lipinski definition) is 7. The van der Waals surface area contributed by atoms with Gasteiger partial charge in [0, 0.05) is 12.1 Å². The first-order valence-corrected chi connectivity index (χ1v) is 12.8. The number of sulfone groups is 1. The largest absolute Gasteiger partial charge is 0.335 e. The van der Waals surface area contributed by atoms with Gasteiger partial charge in [0.15, 0.2) is 9.84 Å². The highest BCUT2D eigenvalue weighted by Gasteiger charge is 2.39. The van der Waals surface area contributed by atoms with Crippen molar-refractivity contribution in [3.8, 4) is 0 Å². The van der Waals surface area contributed by atoms with Crippen LogP contribution >= 0.6 is 11.8 Å². The number of aromatic nitrogens is 4. The molecule has 1 saturated heterocycles. The molecule has 1 aliphatic heterocycles. The summed E-state index contributed by atoms with van der Waals surface area (Å²) >= 11 is 1.38. The maximum absolute atomic E-state index is 13.1. The zero-order chi connectivity index (χ0) is 18.9. The minimum atomic E-state index is -3.02. The van der Waals surface area contributed by atoms with Crippen LogP contribution in [-0.2, 0) is 14.6 Å². The molecule has 4 rings (SSSR count). The fraction of sp³-hybridized carbons (Fsp3) is 0.882. The van der Waals surface area contributed by atoms with Gasteiger partial charge in [0.1, 0.15) is 0 Å². The summed E-state index contributed by atoms with van der Waals surface area (Å²) in [5.41, 5.74) is 0. The number of amides is 1. The molecule has 10 heteroatoms. The second-order valence-electron chi connectivity index (χ2n) is 7.93. The lowest BCUT2D eigenvalue weighted by atomic mass is 10.1. The van der Waals surface area contributed by atoms with Crippen molar-refractivity contribution in [2.24, 2.45) is 0 Å². The summed E-state index contributed by atoms with van der Waals surface area (Å²) < 4.78 is 25.8. The Balaban J connectivity index is 1.44. The molecule has 2 heterocycles. The van der Waals surface area contributed by atoms with Gasteiger partial charge in [0.05, 0.1) is 23.3 Å². The zero-order valence-corrected chi connectivity index (χ0v) is 17.1. The van der Waals surface area contributed by atoms with Crippen LogP contribution in [0, 0.1) is 0 Å². The number of hydrogen-bond donors (Lipinski definition) is 0. The van der Waals surface area contributed by atoms with Crippen LogP contribution in [0.2, 0.25) is 0 Å². The molecule has 8 nitrogen and oxygen atoms in total. The second-order valence-corrected chi connectivity index (χ2v) is 11.1. The van der Waals surface area contributed by atoms with Gasteiger partial charge in [-0.3, -0.25) is 4.79 Å². The van der Waals surface area contributed by atoms with E-state index in [4.69, 9.17) is 0 Å². The standard InChI is InChI=1S/C17H27N5O3S2/c23-16(11-26-17-18-19-20-22(17)14-7-3-4-8-14)21(13-5-1-2-6-13)15-9-10-27(24,25)12-15/h13-15H,1-12H2/t15-/m0/s1. The third-order valence-electron chi connectivity index (χ3n) is 6.07. The van der Waals surface area contributed by atoms with Crippen LogP contribution in [0.1, 0.15) is 63.8 Å². The van der Waals surface area contributed by atoms with E-state index in [1.165, 1.54) is 24.6 Å². The average molecular weight is 414 g/mol. The number of carbonyl (C=O) groups excluding carboxylic acids is 1. The van der Waals surface area contributed by atoms with Crippen molar-refractivity contribution in [2.45, 2.75) is 81.1 Å². The van der Waals surface area contributed by atoms with Crippen molar-refractivity contribution >= 4 is 27.5 Å². The highest BCUT2D eigenvalue weighted by atomic mass is 32.2. The minimum absolute atomic E-state index is 0.0231. The van der Waals surface area contributed by atoms with Gasteiger partial charge in [0.2, 0.25) is 11.1 Å². The van der Waals surface area contributed by atoms with Crippen molar-refractivity contribution in [3.05, 3.63) is 0 Å². The smallest absolute Gasteiger partial charge is 0.233 e. The maximum atomic E-state index is 13.1. The normalized spacial score (nSPS) is 26.0. The number of nitrogens with zero attached hydrogens (tertiary/aromatic N) is 5. The topological polar surface area (TPSA) is 98.1 Å². The fourth-order valence-corrected chi connectivity index (χ4v) is 7.27. The van der Waals surface area contributed by atoms with Crippen LogP contribution in [0.25, 0.3) is 0 Å². The summed E-state index contributed by atoms with van der Waals surface area (Å²) in [5, 5.41) is 12.7. The molecule has 1 aromatic heterocycles. The molecule has 27 heavy (non-hydrogen) atoms. The first kappa shape index (κ1) is 19.2. The van der Waals surface area contributed by atoms with E-state index < -0.39 is 9.84 Å². The Hall–Kier alpha value is -1.16. The Labute approximate surface area is 164 Å². The van der Waals surface area contributed by atoms with Crippen molar-refractivity contribution in [3.63, 3.8) is 0 Å². The molecule has 3 aliphatic rings. The van der Waals surface area contributed by atoms with E-state index in [1.807, 2.05) is 9.58 Å². The van der Waals surface area contributed by atoms with E-state index in [9.17, 15) is 13.2 Å². The van der Waals surface area contributed by atoms with E-state index >= 15 is 0 Å². The highest BCUT2D eigenvalue weighted by molar-refractivity contribution is 7.99. The Morgan fingerprint density at radius 1 is 1.07 bits per heavy atom. The number of rotatable bonds is 6. The van der Waals surface area contributed by atoms with E-state index in [2.05, 4.69) is 15.5 Å². The minimum Gasteiger partial charge on any atom is -0.335 e. The van der Waals surface area contributed by atoms with Crippen LogP contribution in [0.5, 0.6) is 0 Å². The Morgan fingerprint density at radius 3 is 2.44 bits per heavy atom. The monoisotopic (exact) mass is 413 g/mol. The third-order valence-corrected chi connectivity index (χ3v) is 8.73. The second kappa shape index (κ2) is 8.06. The van der Waals surface area contributed by atoms with E-state index in [-0.39, 0.29) is 35.2 Å². The molecule has 0 radical (unpaired) electrons. The summed E-state index contributed by atoms with van der Waals surface area (Å²) in [5.74, 6) is 0.594. The van der Waals surface area contributed by atoms with Gasteiger partial charge in [-0.25, -0.2) is 13.1 Å². The zero-order valence-electron chi connectivity index (χ0n) is 15.5.